The SMILES string of the molecule is Cc1ccc(Cc2nc(-c3c(C)nc4ncccn34)cs2)cc1.Cc1nc2ncccn2c1-c1csc(Cc2ccc3c(c2)OCO3)n1. The molecule has 0 radical (unpaired) electrons. The zero-order chi connectivity index (χ0) is 32.6. The molecule has 238 valence electrons. The molecule has 8 aromatic rings. The largest absolute Gasteiger partial charge is 0.454 e. The highest BCUT2D eigenvalue weighted by molar-refractivity contribution is 7.10. The van der Waals surface area contributed by atoms with Gasteiger partial charge in [0.05, 0.1) is 32.8 Å². The van der Waals surface area contributed by atoms with Gasteiger partial charge in [-0.15, -0.1) is 22.7 Å². The Morgan fingerprint density at radius 3 is 1.79 bits per heavy atom. The molecule has 10 nitrogen and oxygen atoms in total. The average Bonchev–Trinajstić information content (AvgIpc) is 3.93. The first kappa shape index (κ1) is 29.9. The van der Waals surface area contributed by atoms with E-state index in [0.29, 0.717) is 18.3 Å². The van der Waals surface area contributed by atoms with E-state index >= 15 is 0 Å². The molecule has 1 aliphatic rings. The Morgan fingerprint density at radius 1 is 0.646 bits per heavy atom. The third-order valence-corrected chi connectivity index (χ3v) is 9.71. The molecule has 6 aromatic heterocycles. The summed E-state index contributed by atoms with van der Waals surface area (Å²) in [6.07, 6.45) is 9.08. The van der Waals surface area contributed by atoms with Gasteiger partial charge in [0.2, 0.25) is 18.3 Å². The number of aryl methyl sites for hydroxylation is 3. The Morgan fingerprint density at radius 2 is 1.19 bits per heavy atom. The third-order valence-electron chi connectivity index (χ3n) is 8.01. The second-order valence-corrected chi connectivity index (χ2v) is 13.3. The fraction of sp³-hybridized carbons (Fsp3) is 0.167. The number of nitrogens with zero attached hydrogens (tertiary/aromatic N) is 8. The molecule has 0 amide bonds. The van der Waals surface area contributed by atoms with Crippen molar-refractivity contribution in [1.29, 1.82) is 0 Å². The predicted octanol–water partition coefficient (Wildman–Crippen LogP) is 7.54. The second kappa shape index (κ2) is 12.6. The summed E-state index contributed by atoms with van der Waals surface area (Å²) in [6, 6.07) is 18.5. The number of hydrogen-bond acceptors (Lipinski definition) is 10. The molecule has 0 saturated carbocycles. The van der Waals surface area contributed by atoms with Crippen molar-refractivity contribution < 1.29 is 9.47 Å². The molecular formula is C36H30N8O2S2. The van der Waals surface area contributed by atoms with E-state index in [1.165, 1.54) is 11.1 Å². The van der Waals surface area contributed by atoms with Gasteiger partial charge in [0.15, 0.2) is 11.5 Å². The molecule has 0 aliphatic carbocycles. The van der Waals surface area contributed by atoms with E-state index in [9.17, 15) is 0 Å². The zero-order valence-electron chi connectivity index (χ0n) is 26.5. The van der Waals surface area contributed by atoms with Crippen LogP contribution in [0.2, 0.25) is 0 Å². The lowest BCUT2D eigenvalue weighted by Gasteiger charge is -2.01. The van der Waals surface area contributed by atoms with Gasteiger partial charge in [-0.05, 0) is 56.2 Å². The Hall–Kier alpha value is -5.46. The van der Waals surface area contributed by atoms with Gasteiger partial charge in [0.25, 0.3) is 0 Å². The molecule has 0 atom stereocenters. The van der Waals surface area contributed by atoms with Gasteiger partial charge in [-0.1, -0.05) is 35.9 Å². The third kappa shape index (κ3) is 5.91. The summed E-state index contributed by atoms with van der Waals surface area (Å²) in [7, 11) is 0. The van der Waals surface area contributed by atoms with Gasteiger partial charge in [0.1, 0.15) is 11.4 Å². The molecular weight excluding hydrogens is 641 g/mol. The minimum atomic E-state index is 0.293. The molecule has 48 heavy (non-hydrogen) atoms. The fourth-order valence-electron chi connectivity index (χ4n) is 5.72. The van der Waals surface area contributed by atoms with Crippen LogP contribution < -0.4 is 9.47 Å². The molecule has 0 saturated heterocycles. The Kier molecular flexibility index (Phi) is 7.87. The number of aromatic nitrogens is 8. The van der Waals surface area contributed by atoms with Gasteiger partial charge in [-0.2, -0.15) is 0 Å². The van der Waals surface area contributed by atoms with Crippen molar-refractivity contribution in [2.45, 2.75) is 33.6 Å². The second-order valence-electron chi connectivity index (χ2n) is 11.5. The molecule has 7 heterocycles. The summed E-state index contributed by atoms with van der Waals surface area (Å²) in [4.78, 5) is 27.2. The maximum Gasteiger partial charge on any atom is 0.234 e. The van der Waals surface area contributed by atoms with Crippen molar-refractivity contribution in [3.8, 4) is 34.3 Å². The predicted molar refractivity (Wildman–Crippen MR) is 187 cm³/mol. The molecule has 0 spiro atoms. The van der Waals surface area contributed by atoms with Gasteiger partial charge in [-0.3, -0.25) is 8.80 Å². The van der Waals surface area contributed by atoms with Crippen LogP contribution in [0.5, 0.6) is 11.5 Å². The smallest absolute Gasteiger partial charge is 0.234 e. The van der Waals surface area contributed by atoms with Crippen molar-refractivity contribution >= 4 is 34.2 Å². The van der Waals surface area contributed by atoms with E-state index in [1.54, 1.807) is 35.1 Å². The summed E-state index contributed by atoms with van der Waals surface area (Å²) >= 11 is 3.34. The van der Waals surface area contributed by atoms with Crippen LogP contribution in [-0.4, -0.2) is 45.5 Å². The van der Waals surface area contributed by atoms with E-state index in [1.807, 2.05) is 59.3 Å². The normalized spacial score (nSPS) is 12.1. The number of fused-ring (bicyclic) bond motifs is 3. The molecule has 9 rings (SSSR count). The van der Waals surface area contributed by atoms with E-state index in [2.05, 4.69) is 68.0 Å². The maximum absolute atomic E-state index is 5.45. The molecule has 0 unspecified atom stereocenters. The number of ether oxygens (including phenoxy) is 2. The van der Waals surface area contributed by atoms with Gasteiger partial charge >= 0.3 is 0 Å². The lowest BCUT2D eigenvalue weighted by Crippen LogP contribution is -1.93. The lowest BCUT2D eigenvalue weighted by atomic mass is 10.1. The maximum atomic E-state index is 5.45. The van der Waals surface area contributed by atoms with Crippen LogP contribution in [0.4, 0.5) is 0 Å². The van der Waals surface area contributed by atoms with Gasteiger partial charge < -0.3 is 9.47 Å². The number of hydrogen-bond donors (Lipinski definition) is 0. The van der Waals surface area contributed by atoms with E-state index in [-0.39, 0.29) is 0 Å². The topological polar surface area (TPSA) is 105 Å². The fourth-order valence-corrected chi connectivity index (χ4v) is 7.35. The van der Waals surface area contributed by atoms with Crippen LogP contribution >= 0.6 is 22.7 Å². The van der Waals surface area contributed by atoms with Crippen LogP contribution in [0.15, 0.2) is 90.1 Å². The first-order chi connectivity index (χ1) is 23.5. The van der Waals surface area contributed by atoms with Crippen molar-refractivity contribution in [2.24, 2.45) is 0 Å². The van der Waals surface area contributed by atoms with E-state index in [0.717, 1.165) is 74.1 Å². The average molecular weight is 671 g/mol. The van der Waals surface area contributed by atoms with Crippen molar-refractivity contribution in [1.82, 2.24) is 38.7 Å². The highest BCUT2D eigenvalue weighted by Crippen LogP contribution is 2.34. The summed E-state index contributed by atoms with van der Waals surface area (Å²) in [5, 5.41) is 6.34. The minimum absolute atomic E-state index is 0.293. The number of imidazole rings is 2. The van der Waals surface area contributed by atoms with Crippen LogP contribution in [0.25, 0.3) is 34.3 Å². The van der Waals surface area contributed by atoms with E-state index in [4.69, 9.17) is 19.4 Å². The van der Waals surface area contributed by atoms with Crippen molar-refractivity contribution in [2.75, 3.05) is 6.79 Å². The minimum Gasteiger partial charge on any atom is -0.454 e. The quantitative estimate of drug-likeness (QED) is 0.179. The van der Waals surface area contributed by atoms with Crippen LogP contribution in [-0.2, 0) is 12.8 Å². The Bertz CT molecular complexity index is 2390. The van der Waals surface area contributed by atoms with Crippen molar-refractivity contribution in [3.63, 3.8) is 0 Å². The monoisotopic (exact) mass is 670 g/mol. The van der Waals surface area contributed by atoms with E-state index < -0.39 is 0 Å². The van der Waals surface area contributed by atoms with Gasteiger partial charge in [0, 0.05) is 48.4 Å². The Balaban J connectivity index is 0.000000141. The first-order valence-corrected chi connectivity index (χ1v) is 17.2. The highest BCUT2D eigenvalue weighted by atomic mass is 32.1. The Labute approximate surface area is 284 Å². The summed E-state index contributed by atoms with van der Waals surface area (Å²) in [6.45, 7) is 6.39. The summed E-state index contributed by atoms with van der Waals surface area (Å²) < 4.78 is 14.8. The van der Waals surface area contributed by atoms with Crippen LogP contribution in [0, 0.1) is 20.8 Å². The zero-order valence-corrected chi connectivity index (χ0v) is 28.1. The number of benzene rings is 2. The number of thiazole rings is 2. The standard InChI is InChI=1S/C18H14N4O2S.C18H16N4S/c1-11-17(22-6-2-5-19-18(22)20-11)13-9-25-16(21-13)8-12-3-4-14-15(7-12)24-10-23-14;1-12-4-6-14(7-5-12)10-16-21-15(11-23-16)17-13(2)20-18-19-8-3-9-22(17)18/h2-7,9H,8,10H2,1H3;3-9,11H,10H2,1-2H3. The molecule has 1 aliphatic heterocycles. The van der Waals surface area contributed by atoms with Crippen LogP contribution in [0.1, 0.15) is 38.1 Å². The summed E-state index contributed by atoms with van der Waals surface area (Å²) in [5.74, 6) is 3.02. The first-order valence-electron chi connectivity index (χ1n) is 15.4. The van der Waals surface area contributed by atoms with Crippen molar-refractivity contribution in [3.05, 3.63) is 128 Å². The van der Waals surface area contributed by atoms with Crippen LogP contribution in [0.3, 0.4) is 0 Å². The molecule has 2 aromatic carbocycles. The summed E-state index contributed by atoms with van der Waals surface area (Å²) in [5.41, 5.74) is 9.52. The number of rotatable bonds is 6. The van der Waals surface area contributed by atoms with Gasteiger partial charge in [-0.25, -0.2) is 29.9 Å². The molecule has 0 fully saturated rings. The molecule has 0 bridgehead atoms. The molecule has 0 N–H and O–H groups in total. The molecule has 12 heteroatoms. The highest BCUT2D eigenvalue weighted by Gasteiger charge is 2.17. The lowest BCUT2D eigenvalue weighted by molar-refractivity contribution is 0.174.